The maximum Gasteiger partial charge on any atom is 0.135 e. The summed E-state index contributed by atoms with van der Waals surface area (Å²) in [5, 5.41) is 2.40. The summed E-state index contributed by atoms with van der Waals surface area (Å²) in [4.78, 5) is 1.27. The van der Waals surface area contributed by atoms with E-state index in [1.165, 1.54) is 15.7 Å². The molecule has 2 aromatic carbocycles. The number of hydrogen-bond acceptors (Lipinski definition) is 2. The van der Waals surface area contributed by atoms with E-state index in [9.17, 15) is 0 Å². The van der Waals surface area contributed by atoms with E-state index < -0.39 is 0 Å². The Morgan fingerprint density at radius 1 is 0.933 bits per heavy atom. The molecule has 0 bridgehead atoms. The van der Waals surface area contributed by atoms with Gasteiger partial charge in [0, 0.05) is 15.7 Å². The van der Waals surface area contributed by atoms with Crippen LogP contribution in [-0.4, -0.2) is 6.26 Å². The molecule has 0 atom stereocenters. The SMILES string of the molecule is CSc1ccc2oc3ccccc3c2c1. The van der Waals surface area contributed by atoms with Crippen LogP contribution in [0.4, 0.5) is 0 Å². The van der Waals surface area contributed by atoms with Crippen molar-refractivity contribution in [3.8, 4) is 0 Å². The van der Waals surface area contributed by atoms with E-state index in [1.54, 1.807) is 11.8 Å². The number of hydrogen-bond donors (Lipinski definition) is 0. The molecule has 3 aromatic rings. The number of benzene rings is 2. The third-order valence-electron chi connectivity index (χ3n) is 2.58. The Morgan fingerprint density at radius 3 is 2.60 bits per heavy atom. The molecule has 15 heavy (non-hydrogen) atoms. The molecule has 0 unspecified atom stereocenters. The normalized spacial score (nSPS) is 11.3. The predicted molar refractivity (Wildman–Crippen MR) is 65.5 cm³/mol. The lowest BCUT2D eigenvalue weighted by molar-refractivity contribution is 0.668. The second kappa shape index (κ2) is 3.31. The third-order valence-corrected chi connectivity index (χ3v) is 3.31. The fourth-order valence-electron chi connectivity index (χ4n) is 1.83. The molecule has 0 aliphatic carbocycles. The summed E-state index contributed by atoms with van der Waals surface area (Å²) in [7, 11) is 0. The van der Waals surface area contributed by atoms with Gasteiger partial charge >= 0.3 is 0 Å². The van der Waals surface area contributed by atoms with E-state index in [-0.39, 0.29) is 0 Å². The second-order valence-corrected chi connectivity index (χ2v) is 4.34. The molecule has 0 amide bonds. The van der Waals surface area contributed by atoms with Gasteiger partial charge in [-0.25, -0.2) is 0 Å². The van der Waals surface area contributed by atoms with Crippen molar-refractivity contribution in [2.24, 2.45) is 0 Å². The zero-order chi connectivity index (χ0) is 10.3. The van der Waals surface area contributed by atoms with E-state index in [2.05, 4.69) is 24.5 Å². The third kappa shape index (κ3) is 1.33. The van der Waals surface area contributed by atoms with Gasteiger partial charge in [-0.2, -0.15) is 0 Å². The van der Waals surface area contributed by atoms with Gasteiger partial charge in [0.1, 0.15) is 11.2 Å². The van der Waals surface area contributed by atoms with Gasteiger partial charge in [0.2, 0.25) is 0 Å². The lowest BCUT2D eigenvalue weighted by Gasteiger charge is -1.94. The molecule has 0 aliphatic heterocycles. The highest BCUT2D eigenvalue weighted by molar-refractivity contribution is 7.98. The number of furan rings is 1. The van der Waals surface area contributed by atoms with E-state index in [1.807, 2.05) is 24.3 Å². The molecule has 0 aliphatic rings. The average Bonchev–Trinajstić information content (AvgIpc) is 2.66. The summed E-state index contributed by atoms with van der Waals surface area (Å²) in [5.74, 6) is 0. The maximum absolute atomic E-state index is 5.74. The molecule has 0 saturated heterocycles. The number of rotatable bonds is 1. The van der Waals surface area contributed by atoms with Crippen molar-refractivity contribution >= 4 is 33.7 Å². The second-order valence-electron chi connectivity index (χ2n) is 3.46. The van der Waals surface area contributed by atoms with Crippen LogP contribution < -0.4 is 0 Å². The Kier molecular flexibility index (Phi) is 1.96. The summed E-state index contributed by atoms with van der Waals surface area (Å²) in [6, 6.07) is 14.5. The Bertz CT molecular complexity index is 625. The Hall–Kier alpha value is -1.41. The standard InChI is InChI=1S/C13H10OS/c1-15-9-6-7-13-11(8-9)10-4-2-3-5-12(10)14-13/h2-8H,1H3. The largest absolute Gasteiger partial charge is 0.456 e. The predicted octanol–water partition coefficient (Wildman–Crippen LogP) is 4.31. The highest BCUT2D eigenvalue weighted by atomic mass is 32.2. The lowest BCUT2D eigenvalue weighted by Crippen LogP contribution is -1.69. The molecule has 1 aromatic heterocycles. The lowest BCUT2D eigenvalue weighted by atomic mass is 10.1. The van der Waals surface area contributed by atoms with Crippen molar-refractivity contribution in [1.29, 1.82) is 0 Å². The first kappa shape index (κ1) is 8.86. The highest BCUT2D eigenvalue weighted by Crippen LogP contribution is 2.31. The number of fused-ring (bicyclic) bond motifs is 3. The quantitative estimate of drug-likeness (QED) is 0.560. The molecule has 1 nitrogen and oxygen atoms in total. The zero-order valence-corrected chi connectivity index (χ0v) is 9.17. The van der Waals surface area contributed by atoms with Crippen LogP contribution in [0, 0.1) is 0 Å². The van der Waals surface area contributed by atoms with Gasteiger partial charge < -0.3 is 4.42 Å². The van der Waals surface area contributed by atoms with Crippen molar-refractivity contribution in [2.75, 3.05) is 6.26 Å². The molecular weight excluding hydrogens is 204 g/mol. The van der Waals surface area contributed by atoms with Crippen molar-refractivity contribution < 1.29 is 4.42 Å². The summed E-state index contributed by atoms with van der Waals surface area (Å²) < 4.78 is 5.74. The minimum atomic E-state index is 0.964. The smallest absolute Gasteiger partial charge is 0.135 e. The number of thioether (sulfide) groups is 1. The molecule has 0 N–H and O–H groups in total. The molecular formula is C13H10OS. The van der Waals surface area contributed by atoms with Gasteiger partial charge in [-0.3, -0.25) is 0 Å². The fraction of sp³-hybridized carbons (Fsp3) is 0.0769. The molecule has 3 rings (SSSR count). The molecule has 2 heteroatoms. The van der Waals surface area contributed by atoms with E-state index in [0.29, 0.717) is 0 Å². The van der Waals surface area contributed by atoms with Crippen LogP contribution in [0.15, 0.2) is 51.8 Å². The summed E-state index contributed by atoms with van der Waals surface area (Å²) >= 11 is 1.75. The summed E-state index contributed by atoms with van der Waals surface area (Å²) in [5.41, 5.74) is 1.93. The van der Waals surface area contributed by atoms with Crippen LogP contribution in [-0.2, 0) is 0 Å². The van der Waals surface area contributed by atoms with Crippen molar-refractivity contribution in [2.45, 2.75) is 4.90 Å². The van der Waals surface area contributed by atoms with Crippen LogP contribution in [0.2, 0.25) is 0 Å². The Labute approximate surface area is 92.1 Å². The van der Waals surface area contributed by atoms with Crippen molar-refractivity contribution in [3.05, 3.63) is 42.5 Å². The van der Waals surface area contributed by atoms with Crippen LogP contribution in [0.3, 0.4) is 0 Å². The van der Waals surface area contributed by atoms with E-state index >= 15 is 0 Å². The van der Waals surface area contributed by atoms with E-state index in [4.69, 9.17) is 4.42 Å². The molecule has 0 saturated carbocycles. The summed E-state index contributed by atoms with van der Waals surface area (Å²) in [6.45, 7) is 0. The molecule has 74 valence electrons. The van der Waals surface area contributed by atoms with Gasteiger partial charge in [0.15, 0.2) is 0 Å². The van der Waals surface area contributed by atoms with Gasteiger partial charge in [-0.15, -0.1) is 11.8 Å². The van der Waals surface area contributed by atoms with Gasteiger partial charge in [0.25, 0.3) is 0 Å². The van der Waals surface area contributed by atoms with Gasteiger partial charge in [-0.1, -0.05) is 18.2 Å². The Balaban J connectivity index is 2.46. The first-order chi connectivity index (χ1) is 7.38. The molecule has 0 fully saturated rings. The van der Waals surface area contributed by atoms with Gasteiger partial charge in [-0.05, 0) is 30.5 Å². The van der Waals surface area contributed by atoms with Crippen molar-refractivity contribution in [3.63, 3.8) is 0 Å². The summed E-state index contributed by atoms with van der Waals surface area (Å²) in [6.07, 6.45) is 2.09. The minimum absolute atomic E-state index is 0.964. The first-order valence-corrected chi connectivity index (χ1v) is 6.06. The molecule has 0 radical (unpaired) electrons. The molecule has 1 heterocycles. The van der Waals surface area contributed by atoms with Crippen molar-refractivity contribution in [1.82, 2.24) is 0 Å². The highest BCUT2D eigenvalue weighted by Gasteiger charge is 2.05. The fourth-order valence-corrected chi connectivity index (χ4v) is 2.27. The molecule has 0 spiro atoms. The minimum Gasteiger partial charge on any atom is -0.456 e. The number of para-hydroxylation sites is 1. The monoisotopic (exact) mass is 214 g/mol. The topological polar surface area (TPSA) is 13.1 Å². The van der Waals surface area contributed by atoms with Crippen LogP contribution in [0.5, 0.6) is 0 Å². The van der Waals surface area contributed by atoms with Crippen LogP contribution in [0.1, 0.15) is 0 Å². The average molecular weight is 214 g/mol. The first-order valence-electron chi connectivity index (χ1n) is 4.84. The van der Waals surface area contributed by atoms with Crippen LogP contribution >= 0.6 is 11.8 Å². The maximum atomic E-state index is 5.74. The zero-order valence-electron chi connectivity index (χ0n) is 8.36. The van der Waals surface area contributed by atoms with Gasteiger partial charge in [0.05, 0.1) is 0 Å². The van der Waals surface area contributed by atoms with E-state index in [0.717, 1.165) is 11.2 Å². The Morgan fingerprint density at radius 2 is 1.73 bits per heavy atom. The van der Waals surface area contributed by atoms with Crippen LogP contribution in [0.25, 0.3) is 21.9 Å².